The lowest BCUT2D eigenvalue weighted by atomic mass is 10.2. The number of rotatable bonds is 4. The first-order valence-electron chi connectivity index (χ1n) is 5.27. The largest absolute Gasteiger partial charge is 0.380 e. The average Bonchev–Trinajstić information content (AvgIpc) is 2.49. The van der Waals surface area contributed by atoms with E-state index < -0.39 is 29.8 Å². The van der Waals surface area contributed by atoms with Crippen LogP contribution in [-0.4, -0.2) is 47.9 Å². The zero-order chi connectivity index (χ0) is 12.3. The summed E-state index contributed by atoms with van der Waals surface area (Å²) in [6, 6.07) is -0.566. The third-order valence-corrected chi connectivity index (χ3v) is 2.70. The van der Waals surface area contributed by atoms with Crippen molar-refractivity contribution in [2.75, 3.05) is 19.8 Å². The van der Waals surface area contributed by atoms with E-state index in [1.54, 1.807) is 6.92 Å². The monoisotopic (exact) mass is 255 g/mol. The van der Waals surface area contributed by atoms with Gasteiger partial charge in [0.2, 0.25) is 5.91 Å². The summed E-state index contributed by atoms with van der Waals surface area (Å²) in [6.45, 7) is 3.30. The van der Waals surface area contributed by atoms with Crippen molar-refractivity contribution in [3.8, 4) is 0 Å². The number of ether oxygens (including phenoxy) is 1. The van der Waals surface area contributed by atoms with Gasteiger partial charge in [-0.3, -0.25) is 4.79 Å². The van der Waals surface area contributed by atoms with Crippen LogP contribution >= 0.6 is 11.6 Å². The maximum Gasteiger partial charge on any atom is 0.267 e. The molecule has 1 heterocycles. The van der Waals surface area contributed by atoms with Gasteiger partial charge in [0.1, 0.15) is 5.38 Å². The number of carbonyl (C=O) groups excluding carboxylic acids is 1. The molecule has 0 saturated carbocycles. The SMILES string of the molecule is CCOCC1CC(F)(F)CN1C(=O)C(C)Cl. The molecule has 1 fully saturated rings. The van der Waals surface area contributed by atoms with Crippen LogP contribution in [0.4, 0.5) is 8.78 Å². The lowest BCUT2D eigenvalue weighted by Gasteiger charge is -2.24. The van der Waals surface area contributed by atoms with Crippen molar-refractivity contribution in [3.05, 3.63) is 0 Å². The Labute approximate surface area is 98.7 Å². The number of likely N-dealkylation sites (tertiary alicyclic amines) is 1. The molecule has 0 N–H and O–H groups in total. The molecule has 0 aliphatic carbocycles. The second-order valence-corrected chi connectivity index (χ2v) is 4.61. The first-order chi connectivity index (χ1) is 7.37. The van der Waals surface area contributed by atoms with E-state index in [0.717, 1.165) is 4.90 Å². The number of carbonyl (C=O) groups is 1. The highest BCUT2D eigenvalue weighted by Crippen LogP contribution is 2.32. The quantitative estimate of drug-likeness (QED) is 0.718. The first kappa shape index (κ1) is 13.6. The van der Waals surface area contributed by atoms with Crippen molar-refractivity contribution < 1.29 is 18.3 Å². The fourth-order valence-corrected chi connectivity index (χ4v) is 1.91. The van der Waals surface area contributed by atoms with Gasteiger partial charge in [-0.15, -0.1) is 11.6 Å². The molecule has 1 aliphatic heterocycles. The van der Waals surface area contributed by atoms with Gasteiger partial charge in [0.05, 0.1) is 19.2 Å². The number of nitrogens with zero attached hydrogens (tertiary/aromatic N) is 1. The van der Waals surface area contributed by atoms with Crippen molar-refractivity contribution in [1.82, 2.24) is 4.90 Å². The molecule has 3 nitrogen and oxygen atoms in total. The molecule has 0 radical (unpaired) electrons. The van der Waals surface area contributed by atoms with Crippen LogP contribution in [0.1, 0.15) is 20.3 Å². The number of alkyl halides is 3. The fourth-order valence-electron chi connectivity index (χ4n) is 1.79. The van der Waals surface area contributed by atoms with E-state index in [1.165, 1.54) is 6.92 Å². The normalized spacial score (nSPS) is 25.8. The van der Waals surface area contributed by atoms with Gasteiger partial charge in [0.25, 0.3) is 5.92 Å². The van der Waals surface area contributed by atoms with Gasteiger partial charge in [-0.2, -0.15) is 0 Å². The van der Waals surface area contributed by atoms with Crippen LogP contribution in [0.25, 0.3) is 0 Å². The van der Waals surface area contributed by atoms with Crippen molar-refractivity contribution in [2.45, 2.75) is 37.6 Å². The highest BCUT2D eigenvalue weighted by atomic mass is 35.5. The molecule has 16 heavy (non-hydrogen) atoms. The third kappa shape index (κ3) is 3.28. The number of hydrogen-bond donors (Lipinski definition) is 0. The second-order valence-electron chi connectivity index (χ2n) is 3.96. The molecular formula is C10H16ClF2NO2. The maximum atomic E-state index is 13.2. The highest BCUT2D eigenvalue weighted by molar-refractivity contribution is 6.30. The van der Waals surface area contributed by atoms with E-state index in [1.807, 2.05) is 0 Å². The van der Waals surface area contributed by atoms with E-state index >= 15 is 0 Å². The minimum atomic E-state index is -2.83. The van der Waals surface area contributed by atoms with Crippen molar-refractivity contribution in [2.24, 2.45) is 0 Å². The second kappa shape index (κ2) is 5.27. The zero-order valence-corrected chi connectivity index (χ0v) is 10.1. The van der Waals surface area contributed by atoms with Gasteiger partial charge in [0, 0.05) is 13.0 Å². The Bertz CT molecular complexity index is 261. The van der Waals surface area contributed by atoms with Crippen LogP contribution in [0.15, 0.2) is 0 Å². The van der Waals surface area contributed by atoms with Crippen LogP contribution in [0.2, 0.25) is 0 Å². The van der Waals surface area contributed by atoms with Gasteiger partial charge in [0.15, 0.2) is 0 Å². The van der Waals surface area contributed by atoms with E-state index in [4.69, 9.17) is 16.3 Å². The van der Waals surface area contributed by atoms with Crippen molar-refractivity contribution in [3.63, 3.8) is 0 Å². The highest BCUT2D eigenvalue weighted by Gasteiger charge is 2.47. The molecule has 2 unspecified atom stereocenters. The van der Waals surface area contributed by atoms with E-state index in [-0.39, 0.29) is 13.0 Å². The summed E-state index contributed by atoms with van der Waals surface area (Å²) >= 11 is 5.62. The number of halogens is 3. The summed E-state index contributed by atoms with van der Waals surface area (Å²) in [5, 5.41) is -0.780. The predicted molar refractivity (Wildman–Crippen MR) is 56.9 cm³/mol. The minimum absolute atomic E-state index is 0.140. The molecule has 0 aromatic rings. The lowest BCUT2D eigenvalue weighted by Crippen LogP contribution is -2.42. The van der Waals surface area contributed by atoms with Crippen molar-refractivity contribution >= 4 is 17.5 Å². The molecule has 0 bridgehead atoms. The smallest absolute Gasteiger partial charge is 0.267 e. The Morgan fingerprint density at radius 3 is 2.81 bits per heavy atom. The molecule has 6 heteroatoms. The molecular weight excluding hydrogens is 240 g/mol. The molecule has 1 rings (SSSR count). The molecule has 2 atom stereocenters. The van der Waals surface area contributed by atoms with Crippen LogP contribution in [0, 0.1) is 0 Å². The number of hydrogen-bond acceptors (Lipinski definition) is 2. The Kier molecular flexibility index (Phi) is 4.50. The van der Waals surface area contributed by atoms with E-state index in [0.29, 0.717) is 6.61 Å². The Morgan fingerprint density at radius 1 is 1.69 bits per heavy atom. The summed E-state index contributed by atoms with van der Waals surface area (Å²) < 4.78 is 31.5. The van der Waals surface area contributed by atoms with Gasteiger partial charge in [-0.05, 0) is 13.8 Å². The molecule has 94 valence electrons. The fraction of sp³-hybridized carbons (Fsp3) is 0.900. The summed E-state index contributed by atoms with van der Waals surface area (Å²) in [5.74, 6) is -3.29. The topological polar surface area (TPSA) is 29.5 Å². The van der Waals surface area contributed by atoms with Crippen LogP contribution in [-0.2, 0) is 9.53 Å². The van der Waals surface area contributed by atoms with Crippen LogP contribution < -0.4 is 0 Å². The van der Waals surface area contributed by atoms with E-state index in [2.05, 4.69) is 0 Å². The summed E-state index contributed by atoms with van der Waals surface area (Å²) in [6.07, 6.45) is -0.345. The standard InChI is InChI=1S/C10H16ClF2NO2/c1-3-16-5-8-4-10(12,13)6-14(8)9(15)7(2)11/h7-8H,3-6H2,1-2H3. The van der Waals surface area contributed by atoms with Crippen LogP contribution in [0.5, 0.6) is 0 Å². The van der Waals surface area contributed by atoms with Gasteiger partial charge in [-0.1, -0.05) is 0 Å². The molecule has 1 amide bonds. The maximum absolute atomic E-state index is 13.2. The van der Waals surface area contributed by atoms with Gasteiger partial charge in [-0.25, -0.2) is 8.78 Å². The summed E-state index contributed by atoms with van der Waals surface area (Å²) in [4.78, 5) is 12.7. The minimum Gasteiger partial charge on any atom is -0.380 e. The molecule has 0 spiro atoms. The zero-order valence-electron chi connectivity index (χ0n) is 9.38. The summed E-state index contributed by atoms with van der Waals surface area (Å²) in [7, 11) is 0. The predicted octanol–water partition coefficient (Wildman–Crippen LogP) is 1.89. The number of amides is 1. The Hall–Kier alpha value is -0.420. The summed E-state index contributed by atoms with van der Waals surface area (Å²) in [5.41, 5.74) is 0. The van der Waals surface area contributed by atoms with Gasteiger partial charge >= 0.3 is 0 Å². The average molecular weight is 256 g/mol. The molecule has 1 aliphatic rings. The van der Waals surface area contributed by atoms with E-state index in [9.17, 15) is 13.6 Å². The Balaban J connectivity index is 2.68. The van der Waals surface area contributed by atoms with Crippen LogP contribution in [0.3, 0.4) is 0 Å². The van der Waals surface area contributed by atoms with Gasteiger partial charge < -0.3 is 9.64 Å². The lowest BCUT2D eigenvalue weighted by molar-refractivity contribution is -0.133. The molecule has 0 aromatic heterocycles. The first-order valence-corrected chi connectivity index (χ1v) is 5.71. The Morgan fingerprint density at radius 2 is 2.31 bits per heavy atom. The molecule has 1 saturated heterocycles. The van der Waals surface area contributed by atoms with Crippen molar-refractivity contribution in [1.29, 1.82) is 0 Å². The molecule has 0 aromatic carbocycles. The third-order valence-electron chi connectivity index (χ3n) is 2.51.